The molecule has 0 bridgehead atoms. The van der Waals surface area contributed by atoms with Gasteiger partial charge in [0.1, 0.15) is 21.6 Å². The third kappa shape index (κ3) is 10.5. The van der Waals surface area contributed by atoms with E-state index in [1.54, 1.807) is 56.3 Å². The summed E-state index contributed by atoms with van der Waals surface area (Å²) in [5.41, 5.74) is 8.54. The maximum absolute atomic E-state index is 13.0. The van der Waals surface area contributed by atoms with Crippen LogP contribution in [0.15, 0.2) is 128 Å². The second-order valence-corrected chi connectivity index (χ2v) is 13.7. The van der Waals surface area contributed by atoms with Gasteiger partial charge in [-0.2, -0.15) is 15.3 Å². The summed E-state index contributed by atoms with van der Waals surface area (Å²) in [4.78, 5) is 36.1. The van der Waals surface area contributed by atoms with E-state index in [0.717, 1.165) is 18.2 Å². The zero-order chi connectivity index (χ0) is 40.3. The van der Waals surface area contributed by atoms with Crippen LogP contribution >= 0.6 is 0 Å². The Morgan fingerprint density at radius 3 is 1.88 bits per heavy atom. The van der Waals surface area contributed by atoms with E-state index in [1.807, 2.05) is 0 Å². The molecule has 0 aliphatic carbocycles. The zero-order valence-corrected chi connectivity index (χ0v) is 36.2. The third-order valence-electron chi connectivity index (χ3n) is 8.43. The van der Waals surface area contributed by atoms with Gasteiger partial charge in [-0.15, -0.1) is 5.11 Å². The van der Waals surface area contributed by atoms with Crippen molar-refractivity contribution >= 4 is 78.5 Å². The van der Waals surface area contributed by atoms with Gasteiger partial charge in [-0.05, 0) is 133 Å². The molecule has 0 saturated heterocycles. The van der Waals surface area contributed by atoms with Crippen LogP contribution in [0.3, 0.4) is 0 Å². The summed E-state index contributed by atoms with van der Waals surface area (Å²) in [6.07, 6.45) is 0. The number of aryl methyl sites for hydroxylation is 2. The van der Waals surface area contributed by atoms with Crippen molar-refractivity contribution < 1.29 is 102 Å². The third-order valence-corrected chi connectivity index (χ3v) is 9.28. The molecule has 6 rings (SSSR count). The van der Waals surface area contributed by atoms with Crippen LogP contribution in [0, 0.1) is 13.8 Å². The molecule has 0 aliphatic rings. The largest absolute Gasteiger partial charge is 1.00 e. The number of nitrogens with zero attached hydrogens (tertiary/aromatic N) is 4. The monoisotopic (exact) mass is 817 g/mol. The second-order valence-electron chi connectivity index (χ2n) is 12.4. The molecule has 58 heavy (non-hydrogen) atoms. The van der Waals surface area contributed by atoms with E-state index in [9.17, 15) is 42.7 Å². The van der Waals surface area contributed by atoms with Gasteiger partial charge in [-0.25, -0.2) is 8.42 Å². The number of phenols is 2. The molecule has 6 N–H and O–H groups in total. The Morgan fingerprint density at radius 2 is 1.26 bits per heavy atom. The van der Waals surface area contributed by atoms with Crippen LogP contribution in [-0.2, 0) is 10.1 Å². The first kappa shape index (κ1) is 45.2. The number of carbonyl (C=O) groups excluding carboxylic acids is 3. The summed E-state index contributed by atoms with van der Waals surface area (Å²) in [6, 6.07) is 24.4. The number of phenolic OH excluding ortho intramolecular Hbond substituents is 1. The van der Waals surface area contributed by atoms with Crippen molar-refractivity contribution in [2.45, 2.75) is 18.7 Å². The number of benzene rings is 6. The van der Waals surface area contributed by atoms with Gasteiger partial charge in [0.25, 0.3) is 11.8 Å². The fourth-order valence-corrected chi connectivity index (χ4v) is 6.08. The summed E-state index contributed by atoms with van der Waals surface area (Å²) in [7, 11) is -5.18. The average molecular weight is 818 g/mol. The molecule has 6 aromatic carbocycles. The topological polar surface area (TPSA) is 271 Å². The number of aromatic carboxylic acids is 1. The summed E-state index contributed by atoms with van der Waals surface area (Å²) >= 11 is 0. The Kier molecular flexibility index (Phi) is 14.7. The van der Waals surface area contributed by atoms with Crippen LogP contribution in [0.4, 0.5) is 39.8 Å². The normalized spacial score (nSPS) is 11.2. The molecule has 19 heteroatoms. The van der Waals surface area contributed by atoms with Crippen LogP contribution in [0.5, 0.6) is 11.5 Å². The maximum atomic E-state index is 13.0. The maximum Gasteiger partial charge on any atom is 1.00 e. The number of fused-ring (bicyclic) bond motifs is 1. The molecule has 6 aromatic rings. The van der Waals surface area contributed by atoms with Gasteiger partial charge in [0.2, 0.25) is 0 Å². The van der Waals surface area contributed by atoms with Crippen molar-refractivity contribution in [3.05, 3.63) is 131 Å². The zero-order valence-electron chi connectivity index (χ0n) is 31.3. The van der Waals surface area contributed by atoms with Crippen LogP contribution in [0.1, 0.15) is 42.2 Å². The summed E-state index contributed by atoms with van der Waals surface area (Å²) < 4.78 is 37.0. The van der Waals surface area contributed by atoms with Crippen molar-refractivity contribution in [3.63, 3.8) is 0 Å². The van der Waals surface area contributed by atoms with E-state index in [4.69, 9.17) is 5.73 Å². The Bertz CT molecular complexity index is 2760. The van der Waals surface area contributed by atoms with Crippen molar-refractivity contribution in [2.24, 2.45) is 20.5 Å². The van der Waals surface area contributed by atoms with Crippen LogP contribution in [-0.4, -0.2) is 41.0 Å². The number of aromatic hydroxyl groups is 2. The Balaban J connectivity index is 0.00000372. The number of hydrogen-bond acceptors (Lipinski definition) is 14. The van der Waals surface area contributed by atoms with Crippen molar-refractivity contribution in [3.8, 4) is 11.5 Å². The molecule has 0 heterocycles. The number of nitrogens with two attached hydrogens (primary N) is 1. The molecule has 0 unspecified atom stereocenters. The van der Waals surface area contributed by atoms with Gasteiger partial charge in [-0.3, -0.25) is 9.59 Å². The Labute approximate surface area is 375 Å². The first-order chi connectivity index (χ1) is 26.6. The second kappa shape index (κ2) is 18.8. The number of nitrogen functional groups attached to an aromatic ring is 1. The van der Waals surface area contributed by atoms with E-state index in [2.05, 4.69) is 31.1 Å². The molecule has 0 radical (unpaired) electrons. The van der Waals surface area contributed by atoms with Gasteiger partial charge in [0.15, 0.2) is 5.75 Å². The minimum absolute atomic E-state index is 0. The standard InChI is InChI=1S/C39H31N7O9S.2Na/c1-20-15-22(3-12-31(20)40)38(50)42-27-9-11-29-24(17-27)18-34(56(53,54)55)35(36(29)48)46-45-32-13-4-23(16-21(32)2)37(49)41-25-5-7-26(8-6-25)43-44-28-10-14-33(47)30(19-28)39(51)52;;/h3-19,47-48H,40H2,1-2H3,(H,41,49)(H,42,50)(H,51,52)(H,53,54,55);;/q;2*+1/p-2. The summed E-state index contributed by atoms with van der Waals surface area (Å²) in [6.45, 7) is 3.38. The molecular weight excluding hydrogens is 789 g/mol. The van der Waals surface area contributed by atoms with Crippen LogP contribution in [0.25, 0.3) is 10.8 Å². The number of hydrogen-bond donors (Lipinski definition) is 5. The van der Waals surface area contributed by atoms with Gasteiger partial charge >= 0.3 is 59.1 Å². The van der Waals surface area contributed by atoms with E-state index in [-0.39, 0.29) is 92.5 Å². The Hall–Kier alpha value is -5.50. The number of carboxylic acid groups (broad SMARTS) is 1. The molecule has 0 fully saturated rings. The van der Waals surface area contributed by atoms with Crippen molar-refractivity contribution in [2.75, 3.05) is 16.4 Å². The smallest absolute Gasteiger partial charge is 0.744 e. The number of azo groups is 2. The van der Waals surface area contributed by atoms with Crippen LogP contribution < -0.4 is 80.6 Å². The number of nitrogens with one attached hydrogen (secondary N) is 2. The van der Waals surface area contributed by atoms with Crippen LogP contribution in [0.2, 0.25) is 0 Å². The number of amides is 2. The van der Waals surface area contributed by atoms with E-state index >= 15 is 0 Å². The quantitative estimate of drug-likeness (QED) is 0.0568. The van der Waals surface area contributed by atoms with E-state index in [0.29, 0.717) is 33.8 Å². The average Bonchev–Trinajstić information content (AvgIpc) is 3.15. The predicted octanol–water partition coefficient (Wildman–Crippen LogP) is 1.06. The van der Waals surface area contributed by atoms with E-state index < -0.39 is 55.5 Å². The first-order valence-corrected chi connectivity index (χ1v) is 17.8. The van der Waals surface area contributed by atoms with Crippen molar-refractivity contribution in [1.82, 2.24) is 0 Å². The molecule has 2 amide bonds. The SMILES string of the molecule is Cc1cc(C(=O)Nc2ccc3c(O)c(N=Nc4ccc(C(=O)Nc5ccc(N=Nc6ccc(O)c(C(=O)[O-])c6)cc5)cc4C)c(S(=O)(=O)[O-])cc3c2)ccc1N.[Na+].[Na+]. The fraction of sp³-hybridized carbons (Fsp3) is 0.0513. The number of anilines is 3. The molecule has 16 nitrogen and oxygen atoms in total. The first-order valence-electron chi connectivity index (χ1n) is 16.4. The molecule has 0 saturated carbocycles. The van der Waals surface area contributed by atoms with Gasteiger partial charge < -0.3 is 41.0 Å². The number of rotatable bonds is 10. The molecule has 0 aromatic heterocycles. The number of carboxylic acids is 1. The van der Waals surface area contributed by atoms with Gasteiger partial charge in [0.05, 0.1) is 27.9 Å². The summed E-state index contributed by atoms with van der Waals surface area (Å²) in [5, 5.41) is 53.5. The number of carbonyl (C=O) groups is 3. The minimum Gasteiger partial charge on any atom is -0.744 e. The van der Waals surface area contributed by atoms with Crippen molar-refractivity contribution in [1.29, 1.82) is 0 Å². The molecule has 0 atom stereocenters. The molecular formula is C39H29N7Na2O9S. The van der Waals surface area contributed by atoms with Gasteiger partial charge in [-0.1, -0.05) is 0 Å². The Morgan fingerprint density at radius 1 is 0.672 bits per heavy atom. The summed E-state index contributed by atoms with van der Waals surface area (Å²) in [5.74, 6) is -3.58. The predicted molar refractivity (Wildman–Crippen MR) is 203 cm³/mol. The molecule has 0 spiro atoms. The van der Waals surface area contributed by atoms with Gasteiger partial charge in [0, 0.05) is 39.1 Å². The fourth-order valence-electron chi connectivity index (χ4n) is 5.43. The molecule has 282 valence electrons. The molecule has 0 aliphatic heterocycles. The minimum atomic E-state index is -5.18. The van der Waals surface area contributed by atoms with E-state index in [1.165, 1.54) is 42.5 Å².